The largest absolute Gasteiger partial charge is 0.501 e. The zero-order chi connectivity index (χ0) is 24.1. The lowest BCUT2D eigenvalue weighted by molar-refractivity contribution is -0.0436. The average Bonchev–Trinajstić information content (AvgIpc) is 2.90. The number of rotatable bonds is 4. The van der Waals surface area contributed by atoms with Crippen LogP contribution in [0.5, 0.6) is 5.88 Å². The lowest BCUT2D eigenvalue weighted by atomic mass is 9.85. The maximum Gasteiger partial charge on any atom is 0.501 e. The Kier molecular flexibility index (Phi) is 5.75. The van der Waals surface area contributed by atoms with Crippen LogP contribution >= 0.6 is 0 Å². The molecule has 172 valence electrons. The number of hydrogen-bond acceptors (Lipinski definition) is 5. The van der Waals surface area contributed by atoms with Gasteiger partial charge in [-0.3, -0.25) is 9.55 Å². The molecule has 1 aromatic carbocycles. The molecule has 0 unspecified atom stereocenters. The van der Waals surface area contributed by atoms with Crippen LogP contribution in [0.2, 0.25) is 0 Å². The van der Waals surface area contributed by atoms with Crippen LogP contribution in [0.3, 0.4) is 0 Å². The molecule has 0 fully saturated rings. The van der Waals surface area contributed by atoms with Crippen molar-refractivity contribution in [2.24, 2.45) is 0 Å². The minimum Gasteiger partial charge on any atom is -0.493 e. The third-order valence-corrected chi connectivity index (χ3v) is 6.62. The fourth-order valence-electron chi connectivity index (χ4n) is 3.37. The van der Waals surface area contributed by atoms with E-state index in [1.165, 1.54) is 11.5 Å². The van der Waals surface area contributed by atoms with E-state index in [-0.39, 0.29) is 23.3 Å². The highest BCUT2D eigenvalue weighted by molar-refractivity contribution is 7.92. The molecular weight excluding hydrogens is 447 g/mol. The number of halogens is 3. The van der Waals surface area contributed by atoms with E-state index >= 15 is 0 Å². The summed E-state index contributed by atoms with van der Waals surface area (Å²) in [5, 5.41) is 10.5. The smallest absolute Gasteiger partial charge is 0.493 e. The maximum absolute atomic E-state index is 13.1. The molecule has 0 bridgehead atoms. The molecule has 0 amide bonds. The van der Waals surface area contributed by atoms with Gasteiger partial charge in [-0.1, -0.05) is 20.8 Å². The minimum atomic E-state index is -5.52. The molecule has 3 aromatic rings. The highest BCUT2D eigenvalue weighted by Crippen LogP contribution is 2.31. The molecule has 2 aromatic heterocycles. The van der Waals surface area contributed by atoms with Gasteiger partial charge in [0.15, 0.2) is 0 Å². The minimum absolute atomic E-state index is 0.0289. The first kappa shape index (κ1) is 23.6. The number of pyridine rings is 1. The molecule has 2 heterocycles. The zero-order valence-electron chi connectivity index (χ0n) is 17.8. The molecule has 3 rings (SSSR count). The van der Waals surface area contributed by atoms with Crippen LogP contribution in [-0.2, 0) is 21.8 Å². The molecule has 0 saturated heterocycles. The van der Waals surface area contributed by atoms with Crippen LogP contribution in [0.1, 0.15) is 37.6 Å². The first-order valence-electron chi connectivity index (χ1n) is 9.52. The normalized spacial score (nSPS) is 12.8. The lowest BCUT2D eigenvalue weighted by Crippen LogP contribution is -2.26. The van der Waals surface area contributed by atoms with Crippen LogP contribution in [-0.4, -0.2) is 33.2 Å². The van der Waals surface area contributed by atoms with Crippen molar-refractivity contribution in [1.29, 1.82) is 0 Å². The number of alkyl halides is 3. The summed E-state index contributed by atoms with van der Waals surface area (Å²) in [5.41, 5.74) is -4.29. The van der Waals surface area contributed by atoms with Crippen molar-refractivity contribution in [3.05, 3.63) is 70.0 Å². The van der Waals surface area contributed by atoms with Crippen molar-refractivity contribution >= 4 is 9.84 Å². The summed E-state index contributed by atoms with van der Waals surface area (Å²) in [6.07, 6.45) is 3.31. The van der Waals surface area contributed by atoms with Crippen molar-refractivity contribution in [3.63, 3.8) is 0 Å². The number of aromatic hydroxyl groups is 1. The van der Waals surface area contributed by atoms with Crippen molar-refractivity contribution in [2.75, 3.05) is 0 Å². The van der Waals surface area contributed by atoms with E-state index in [0.717, 1.165) is 40.0 Å². The van der Waals surface area contributed by atoms with Gasteiger partial charge >= 0.3 is 11.2 Å². The SMILES string of the molecule is Cc1c(O)n(-c2ccc(S(=O)(=O)C(F)(F)F)cc2)c(=O)n1Cc1ccncc1C(C)(C)C. The van der Waals surface area contributed by atoms with Crippen LogP contribution < -0.4 is 5.69 Å². The lowest BCUT2D eigenvalue weighted by Gasteiger charge is -2.22. The predicted molar refractivity (Wildman–Crippen MR) is 112 cm³/mol. The fourth-order valence-corrected chi connectivity index (χ4v) is 4.13. The second-order valence-corrected chi connectivity index (χ2v) is 10.3. The Labute approximate surface area is 182 Å². The second kappa shape index (κ2) is 7.80. The molecule has 1 N–H and O–H groups in total. The fraction of sp³-hybridized carbons (Fsp3) is 0.333. The molecular formula is C21H22F3N3O4S. The van der Waals surface area contributed by atoms with Crippen LogP contribution in [0, 0.1) is 6.92 Å². The van der Waals surface area contributed by atoms with Crippen LogP contribution in [0.4, 0.5) is 13.2 Å². The number of imidazole rings is 1. The first-order chi connectivity index (χ1) is 14.7. The summed E-state index contributed by atoms with van der Waals surface area (Å²) < 4.78 is 63.6. The van der Waals surface area contributed by atoms with E-state index in [2.05, 4.69) is 4.98 Å². The molecule has 32 heavy (non-hydrogen) atoms. The Bertz CT molecular complexity index is 1320. The summed E-state index contributed by atoms with van der Waals surface area (Å²) in [5.74, 6) is -0.396. The molecule has 0 saturated carbocycles. The number of sulfone groups is 1. The van der Waals surface area contributed by atoms with Crippen molar-refractivity contribution in [2.45, 2.75) is 50.1 Å². The van der Waals surface area contributed by atoms with E-state index in [9.17, 15) is 31.5 Å². The number of aromatic nitrogens is 3. The zero-order valence-corrected chi connectivity index (χ0v) is 18.6. The van der Waals surface area contributed by atoms with Gasteiger partial charge in [-0.05, 0) is 53.8 Å². The molecule has 7 nitrogen and oxygen atoms in total. The van der Waals surface area contributed by atoms with E-state index < -0.39 is 31.8 Å². The third kappa shape index (κ3) is 4.04. The van der Waals surface area contributed by atoms with Gasteiger partial charge in [-0.15, -0.1) is 0 Å². The van der Waals surface area contributed by atoms with Crippen LogP contribution in [0.15, 0.2) is 52.4 Å². The molecule has 0 aliphatic carbocycles. The quantitative estimate of drug-likeness (QED) is 0.629. The molecule has 0 aliphatic heterocycles. The Morgan fingerprint density at radius 3 is 2.19 bits per heavy atom. The van der Waals surface area contributed by atoms with Gasteiger partial charge in [0, 0.05) is 12.4 Å². The van der Waals surface area contributed by atoms with E-state index in [1.807, 2.05) is 20.8 Å². The number of hydrogen-bond donors (Lipinski definition) is 1. The second-order valence-electron chi connectivity index (χ2n) is 8.34. The number of benzene rings is 1. The van der Waals surface area contributed by atoms with Gasteiger partial charge in [-0.25, -0.2) is 17.8 Å². The summed E-state index contributed by atoms with van der Waals surface area (Å²) in [4.78, 5) is 16.3. The highest BCUT2D eigenvalue weighted by atomic mass is 32.2. The standard InChI is InChI=1S/C21H22F3N3O4S/c1-13-18(28)27(15-5-7-16(8-6-15)32(30,31)21(22,23)24)19(29)26(13)12-14-9-10-25-11-17(14)20(2,3)4/h5-11,28H,12H2,1-4H3. The van der Waals surface area contributed by atoms with Gasteiger partial charge < -0.3 is 5.11 Å². The van der Waals surface area contributed by atoms with E-state index in [1.54, 1.807) is 18.5 Å². The molecule has 0 spiro atoms. The molecule has 11 heteroatoms. The predicted octanol–water partition coefficient (Wildman–Crippen LogP) is 3.69. The highest BCUT2D eigenvalue weighted by Gasteiger charge is 2.46. The molecule has 0 atom stereocenters. The van der Waals surface area contributed by atoms with E-state index in [0.29, 0.717) is 0 Å². The Hall–Kier alpha value is -3.08. The summed E-state index contributed by atoms with van der Waals surface area (Å²) in [6.45, 7) is 7.68. The van der Waals surface area contributed by atoms with Crippen LogP contribution in [0.25, 0.3) is 5.69 Å². The summed E-state index contributed by atoms with van der Waals surface area (Å²) >= 11 is 0. The van der Waals surface area contributed by atoms with E-state index in [4.69, 9.17) is 0 Å². The van der Waals surface area contributed by atoms with Gasteiger partial charge in [0.1, 0.15) is 0 Å². The number of nitrogens with zero attached hydrogens (tertiary/aromatic N) is 3. The van der Waals surface area contributed by atoms with Gasteiger partial charge in [0.05, 0.1) is 22.8 Å². The van der Waals surface area contributed by atoms with Crippen molar-refractivity contribution in [3.8, 4) is 11.6 Å². The molecule has 0 aliphatic rings. The summed E-state index contributed by atoms with van der Waals surface area (Å²) in [7, 11) is -5.52. The van der Waals surface area contributed by atoms with Crippen molar-refractivity contribution in [1.82, 2.24) is 14.1 Å². The topological polar surface area (TPSA) is 94.2 Å². The Morgan fingerprint density at radius 2 is 1.66 bits per heavy atom. The monoisotopic (exact) mass is 469 g/mol. The first-order valence-corrected chi connectivity index (χ1v) is 11.0. The van der Waals surface area contributed by atoms with Gasteiger partial charge in [-0.2, -0.15) is 13.2 Å². The average molecular weight is 469 g/mol. The third-order valence-electron chi connectivity index (χ3n) is 5.12. The van der Waals surface area contributed by atoms with Crippen molar-refractivity contribution < 1.29 is 26.7 Å². The van der Waals surface area contributed by atoms with Gasteiger partial charge in [0.2, 0.25) is 5.88 Å². The Morgan fingerprint density at radius 1 is 1.06 bits per heavy atom. The summed E-state index contributed by atoms with van der Waals surface area (Å²) in [6, 6.07) is 5.35. The maximum atomic E-state index is 13.1. The molecule has 0 radical (unpaired) electrons. The Balaban J connectivity index is 2.06. The van der Waals surface area contributed by atoms with Gasteiger partial charge in [0.25, 0.3) is 9.84 Å².